The van der Waals surface area contributed by atoms with E-state index in [1.807, 2.05) is 42.2 Å². The zero-order valence-corrected chi connectivity index (χ0v) is 11.3. The van der Waals surface area contributed by atoms with Crippen LogP contribution in [-0.4, -0.2) is 23.5 Å². The lowest BCUT2D eigenvalue weighted by Crippen LogP contribution is -2.03. The van der Waals surface area contributed by atoms with Gasteiger partial charge in [-0.2, -0.15) is 11.8 Å². The average molecular weight is 267 g/mol. The molecule has 0 aliphatic carbocycles. The van der Waals surface area contributed by atoms with Gasteiger partial charge in [-0.1, -0.05) is 11.6 Å². The van der Waals surface area contributed by atoms with Crippen LogP contribution in [0.15, 0.2) is 30.5 Å². The molecular formula is C13H15ClN2S. The van der Waals surface area contributed by atoms with Gasteiger partial charge in [0.1, 0.15) is 0 Å². The number of rotatable bonds is 5. The number of hydrogen-bond acceptors (Lipinski definition) is 3. The first-order valence-electron chi connectivity index (χ1n) is 5.58. The van der Waals surface area contributed by atoms with Crippen LogP contribution in [0.3, 0.4) is 0 Å². The predicted octanol–water partition coefficient (Wildman–Crippen LogP) is 4.05. The van der Waals surface area contributed by atoms with Gasteiger partial charge in [0.25, 0.3) is 0 Å². The van der Waals surface area contributed by atoms with E-state index in [0.717, 1.165) is 28.2 Å². The van der Waals surface area contributed by atoms with Gasteiger partial charge >= 0.3 is 0 Å². The van der Waals surface area contributed by atoms with Crippen LogP contribution in [0.5, 0.6) is 0 Å². The fraction of sp³-hybridized carbons (Fsp3) is 0.308. The Balaban J connectivity index is 2.16. The second-order valence-electron chi connectivity index (χ2n) is 3.79. The number of nitrogens with zero attached hydrogens (tertiary/aromatic N) is 1. The van der Waals surface area contributed by atoms with Gasteiger partial charge in [-0.25, -0.2) is 0 Å². The topological polar surface area (TPSA) is 24.9 Å². The van der Waals surface area contributed by atoms with E-state index in [1.165, 1.54) is 12.2 Å². The monoisotopic (exact) mass is 266 g/mol. The van der Waals surface area contributed by atoms with Crippen LogP contribution in [-0.2, 0) is 0 Å². The number of benzene rings is 1. The molecule has 2 rings (SSSR count). The van der Waals surface area contributed by atoms with E-state index in [9.17, 15) is 0 Å². The Kier molecular flexibility index (Phi) is 4.51. The molecule has 1 N–H and O–H groups in total. The number of fused-ring (bicyclic) bond motifs is 1. The molecule has 1 aromatic heterocycles. The standard InChI is InChI=1S/C13H15ClN2S/c1-17-8-2-6-15-12-5-7-16-13-9-10(14)3-4-11(12)13/h3-5,7,9H,2,6,8H2,1H3,(H,15,16). The summed E-state index contributed by atoms with van der Waals surface area (Å²) in [6.07, 6.45) is 5.11. The molecule has 1 heterocycles. The summed E-state index contributed by atoms with van der Waals surface area (Å²) in [5.74, 6) is 1.18. The second-order valence-corrected chi connectivity index (χ2v) is 5.22. The van der Waals surface area contributed by atoms with Gasteiger partial charge in [0.2, 0.25) is 0 Å². The number of pyridine rings is 1. The number of thioether (sulfide) groups is 1. The van der Waals surface area contributed by atoms with Crippen molar-refractivity contribution >= 4 is 40.0 Å². The van der Waals surface area contributed by atoms with E-state index in [0.29, 0.717) is 0 Å². The molecule has 4 heteroatoms. The minimum atomic E-state index is 0.726. The molecule has 0 bridgehead atoms. The van der Waals surface area contributed by atoms with Gasteiger partial charge in [0, 0.05) is 28.8 Å². The van der Waals surface area contributed by atoms with Crippen LogP contribution in [0, 0.1) is 0 Å². The molecule has 0 saturated heterocycles. The number of anilines is 1. The highest BCUT2D eigenvalue weighted by Gasteiger charge is 2.01. The Hall–Kier alpha value is -0.930. The fourth-order valence-corrected chi connectivity index (χ4v) is 2.31. The largest absolute Gasteiger partial charge is 0.384 e. The van der Waals surface area contributed by atoms with Crippen molar-refractivity contribution in [3.8, 4) is 0 Å². The molecule has 0 fully saturated rings. The Morgan fingerprint density at radius 3 is 3.06 bits per heavy atom. The van der Waals surface area contributed by atoms with Crippen molar-refractivity contribution in [2.45, 2.75) is 6.42 Å². The van der Waals surface area contributed by atoms with Crippen molar-refractivity contribution in [2.24, 2.45) is 0 Å². The highest BCUT2D eigenvalue weighted by atomic mass is 35.5. The molecule has 0 spiro atoms. The van der Waals surface area contributed by atoms with Gasteiger partial charge < -0.3 is 5.32 Å². The molecule has 90 valence electrons. The zero-order chi connectivity index (χ0) is 12.1. The summed E-state index contributed by atoms with van der Waals surface area (Å²) in [5.41, 5.74) is 2.07. The first-order valence-corrected chi connectivity index (χ1v) is 7.35. The first-order chi connectivity index (χ1) is 8.31. The minimum absolute atomic E-state index is 0.726. The molecule has 2 nitrogen and oxygen atoms in total. The van der Waals surface area contributed by atoms with Crippen LogP contribution in [0.4, 0.5) is 5.69 Å². The van der Waals surface area contributed by atoms with Gasteiger partial charge in [-0.15, -0.1) is 0 Å². The number of nitrogens with one attached hydrogen (secondary N) is 1. The van der Waals surface area contributed by atoms with E-state index in [2.05, 4.69) is 16.6 Å². The van der Waals surface area contributed by atoms with Crippen molar-refractivity contribution in [1.29, 1.82) is 0 Å². The molecule has 0 radical (unpaired) electrons. The quantitative estimate of drug-likeness (QED) is 0.827. The van der Waals surface area contributed by atoms with Crippen LogP contribution >= 0.6 is 23.4 Å². The van der Waals surface area contributed by atoms with Crippen molar-refractivity contribution in [2.75, 3.05) is 23.9 Å². The minimum Gasteiger partial charge on any atom is -0.384 e. The van der Waals surface area contributed by atoms with Gasteiger partial charge in [-0.3, -0.25) is 4.98 Å². The van der Waals surface area contributed by atoms with Crippen LogP contribution in [0.2, 0.25) is 5.02 Å². The molecule has 0 atom stereocenters. The number of aromatic nitrogens is 1. The Morgan fingerprint density at radius 1 is 1.35 bits per heavy atom. The average Bonchev–Trinajstić information content (AvgIpc) is 2.34. The van der Waals surface area contributed by atoms with Crippen LogP contribution in [0.1, 0.15) is 6.42 Å². The Bertz CT molecular complexity index is 502. The van der Waals surface area contributed by atoms with Crippen molar-refractivity contribution in [3.05, 3.63) is 35.5 Å². The molecule has 17 heavy (non-hydrogen) atoms. The molecule has 0 aliphatic rings. The van der Waals surface area contributed by atoms with Gasteiger partial charge in [-0.05, 0) is 42.7 Å². The smallest absolute Gasteiger partial charge is 0.0737 e. The first kappa shape index (κ1) is 12.5. The number of hydrogen-bond donors (Lipinski definition) is 1. The second kappa shape index (κ2) is 6.12. The summed E-state index contributed by atoms with van der Waals surface area (Å²) >= 11 is 7.83. The van der Waals surface area contributed by atoms with Crippen molar-refractivity contribution in [1.82, 2.24) is 4.98 Å². The molecule has 0 unspecified atom stereocenters. The third-order valence-electron chi connectivity index (χ3n) is 2.55. The lowest BCUT2D eigenvalue weighted by atomic mass is 10.2. The maximum Gasteiger partial charge on any atom is 0.0737 e. The van der Waals surface area contributed by atoms with E-state index in [1.54, 1.807) is 0 Å². The molecule has 2 aromatic rings. The Morgan fingerprint density at radius 2 is 2.24 bits per heavy atom. The van der Waals surface area contributed by atoms with E-state index in [-0.39, 0.29) is 0 Å². The summed E-state index contributed by atoms with van der Waals surface area (Å²) in [7, 11) is 0. The third-order valence-corrected chi connectivity index (χ3v) is 3.48. The predicted molar refractivity (Wildman–Crippen MR) is 78.2 cm³/mol. The SMILES string of the molecule is CSCCCNc1ccnc2cc(Cl)ccc12. The van der Waals surface area contributed by atoms with Gasteiger partial charge in [0.15, 0.2) is 0 Å². The van der Waals surface area contributed by atoms with Gasteiger partial charge in [0.05, 0.1) is 5.52 Å². The lowest BCUT2D eigenvalue weighted by molar-refractivity contribution is 0.995. The summed E-state index contributed by atoms with van der Waals surface area (Å²) in [4.78, 5) is 4.32. The fourth-order valence-electron chi connectivity index (χ4n) is 1.71. The number of halogens is 1. The normalized spacial score (nSPS) is 10.7. The lowest BCUT2D eigenvalue weighted by Gasteiger charge is -2.09. The van der Waals surface area contributed by atoms with Crippen molar-refractivity contribution in [3.63, 3.8) is 0 Å². The molecule has 1 aromatic carbocycles. The molecule has 0 aliphatic heterocycles. The highest BCUT2D eigenvalue weighted by Crippen LogP contribution is 2.24. The Labute approximate surface area is 111 Å². The summed E-state index contributed by atoms with van der Waals surface area (Å²) in [6, 6.07) is 7.82. The maximum atomic E-state index is 5.95. The highest BCUT2D eigenvalue weighted by molar-refractivity contribution is 7.98. The molecule has 0 saturated carbocycles. The van der Waals surface area contributed by atoms with Crippen molar-refractivity contribution < 1.29 is 0 Å². The van der Waals surface area contributed by atoms with Crippen LogP contribution < -0.4 is 5.32 Å². The maximum absolute atomic E-state index is 5.95. The molecule has 0 amide bonds. The van der Waals surface area contributed by atoms with E-state index in [4.69, 9.17) is 11.6 Å². The molecular weight excluding hydrogens is 252 g/mol. The summed E-state index contributed by atoms with van der Waals surface area (Å²) < 4.78 is 0. The summed E-state index contributed by atoms with van der Waals surface area (Å²) in [6.45, 7) is 0.989. The third kappa shape index (κ3) is 3.27. The van der Waals surface area contributed by atoms with E-state index >= 15 is 0 Å². The van der Waals surface area contributed by atoms with Crippen LogP contribution in [0.25, 0.3) is 10.9 Å². The summed E-state index contributed by atoms with van der Waals surface area (Å²) in [5, 5.41) is 5.30. The zero-order valence-electron chi connectivity index (χ0n) is 9.74. The van der Waals surface area contributed by atoms with E-state index < -0.39 is 0 Å².